The number of nitrogen functional groups attached to an aromatic ring is 1. The molecule has 0 saturated carbocycles. The summed E-state index contributed by atoms with van der Waals surface area (Å²) in [5, 5.41) is 4.78. The largest absolute Gasteiger partial charge is 0.398 e. The number of hydrogen-bond donors (Lipinski definition) is 1. The number of carbonyl (C=O) groups excluding carboxylic acids is 1. The maximum atomic E-state index is 13.3. The Labute approximate surface area is 201 Å². The van der Waals surface area contributed by atoms with Crippen LogP contribution in [0.25, 0.3) is 0 Å². The van der Waals surface area contributed by atoms with Crippen LogP contribution in [0.4, 0.5) is 5.69 Å². The standard InChI is InChI=1S/C30H29N3O/c1-3-13-24(14-4-2)30(25-15-7-5-8-16-25,26-17-9-6-10-18-26)33-22-23(21-32-33)29(34)27-19-11-12-20-28(27)31/h3,5-22H,4,31H2,1-2H3/b13-3-,24-14+. The molecule has 0 saturated heterocycles. The van der Waals surface area contributed by atoms with Crippen molar-refractivity contribution in [2.75, 3.05) is 5.73 Å². The molecule has 0 aliphatic rings. The molecule has 0 aliphatic carbocycles. The van der Waals surface area contributed by atoms with Crippen LogP contribution in [0.1, 0.15) is 47.3 Å². The summed E-state index contributed by atoms with van der Waals surface area (Å²) in [4.78, 5) is 13.3. The summed E-state index contributed by atoms with van der Waals surface area (Å²) in [6, 6.07) is 27.7. The molecule has 0 aliphatic heterocycles. The zero-order chi connectivity index (χ0) is 24.0. The molecule has 4 nitrogen and oxygen atoms in total. The number of rotatable bonds is 8. The second kappa shape index (κ2) is 10.2. The van der Waals surface area contributed by atoms with Gasteiger partial charge in [0, 0.05) is 17.4 Å². The normalized spacial score (nSPS) is 12.2. The van der Waals surface area contributed by atoms with E-state index in [1.807, 2.05) is 72.4 Å². The Morgan fingerprint density at radius 3 is 2.09 bits per heavy atom. The summed E-state index contributed by atoms with van der Waals surface area (Å²) in [6.45, 7) is 4.14. The topological polar surface area (TPSA) is 60.9 Å². The Balaban J connectivity index is 2.00. The Morgan fingerprint density at radius 1 is 0.941 bits per heavy atom. The zero-order valence-corrected chi connectivity index (χ0v) is 19.6. The molecule has 170 valence electrons. The predicted octanol–water partition coefficient (Wildman–Crippen LogP) is 6.40. The van der Waals surface area contributed by atoms with Crippen molar-refractivity contribution in [1.82, 2.24) is 9.78 Å². The van der Waals surface area contributed by atoms with Crippen LogP contribution in [0.2, 0.25) is 0 Å². The van der Waals surface area contributed by atoms with Crippen molar-refractivity contribution in [2.45, 2.75) is 25.8 Å². The van der Waals surface area contributed by atoms with Gasteiger partial charge in [-0.1, -0.05) is 97.9 Å². The highest BCUT2D eigenvalue weighted by Crippen LogP contribution is 2.41. The van der Waals surface area contributed by atoms with Crippen LogP contribution < -0.4 is 5.73 Å². The van der Waals surface area contributed by atoms with E-state index in [4.69, 9.17) is 10.8 Å². The summed E-state index contributed by atoms with van der Waals surface area (Å²) in [5.41, 5.74) is 9.95. The van der Waals surface area contributed by atoms with Gasteiger partial charge in [0.15, 0.2) is 5.78 Å². The summed E-state index contributed by atoms with van der Waals surface area (Å²) >= 11 is 0. The summed E-state index contributed by atoms with van der Waals surface area (Å²) < 4.78 is 1.91. The SMILES string of the molecule is C/C=C\C(=C/CC)C(c1ccccc1)(c1ccccc1)n1cc(C(=O)c2ccccc2N)cn1. The summed E-state index contributed by atoms with van der Waals surface area (Å²) in [5.74, 6) is -0.147. The van der Waals surface area contributed by atoms with Crippen LogP contribution in [0.15, 0.2) is 121 Å². The molecule has 0 radical (unpaired) electrons. The van der Waals surface area contributed by atoms with E-state index in [0.29, 0.717) is 16.8 Å². The first-order valence-electron chi connectivity index (χ1n) is 11.5. The quantitative estimate of drug-likeness (QED) is 0.193. The third kappa shape index (κ3) is 4.11. The van der Waals surface area contributed by atoms with Gasteiger partial charge in [-0.2, -0.15) is 5.10 Å². The summed E-state index contributed by atoms with van der Waals surface area (Å²) in [6.07, 6.45) is 10.7. The van der Waals surface area contributed by atoms with E-state index in [1.165, 1.54) is 0 Å². The lowest BCUT2D eigenvalue weighted by atomic mass is 9.76. The van der Waals surface area contributed by atoms with Crippen molar-refractivity contribution >= 4 is 11.5 Å². The molecule has 34 heavy (non-hydrogen) atoms. The van der Waals surface area contributed by atoms with Gasteiger partial charge in [-0.3, -0.25) is 9.48 Å². The average molecular weight is 448 g/mol. The number of carbonyl (C=O) groups is 1. The van der Waals surface area contributed by atoms with Crippen LogP contribution in [0.5, 0.6) is 0 Å². The van der Waals surface area contributed by atoms with E-state index in [0.717, 1.165) is 23.1 Å². The molecule has 0 fully saturated rings. The first-order valence-corrected chi connectivity index (χ1v) is 11.5. The van der Waals surface area contributed by atoms with E-state index in [-0.39, 0.29) is 5.78 Å². The molecule has 1 heterocycles. The Hall–Kier alpha value is -4.18. The highest BCUT2D eigenvalue weighted by atomic mass is 16.1. The molecule has 0 atom stereocenters. The number of nitrogens with zero attached hydrogens (tertiary/aromatic N) is 2. The van der Waals surface area contributed by atoms with E-state index in [9.17, 15) is 4.79 Å². The van der Waals surface area contributed by atoms with Crippen molar-refractivity contribution in [3.05, 3.63) is 143 Å². The Kier molecular flexibility index (Phi) is 6.88. The fourth-order valence-corrected chi connectivity index (χ4v) is 4.47. The molecule has 3 aromatic carbocycles. The number of ketones is 1. The highest BCUT2D eigenvalue weighted by molar-refractivity contribution is 6.11. The first-order chi connectivity index (χ1) is 16.6. The molecular formula is C30H29N3O. The number of para-hydroxylation sites is 1. The minimum Gasteiger partial charge on any atom is -0.398 e. The van der Waals surface area contributed by atoms with Crippen LogP contribution in [-0.2, 0) is 5.54 Å². The Morgan fingerprint density at radius 2 is 1.53 bits per heavy atom. The minimum atomic E-state index is -0.758. The Bertz CT molecular complexity index is 1280. The monoisotopic (exact) mass is 447 g/mol. The van der Waals surface area contributed by atoms with Gasteiger partial charge >= 0.3 is 0 Å². The number of anilines is 1. The van der Waals surface area contributed by atoms with Gasteiger partial charge in [-0.25, -0.2) is 0 Å². The van der Waals surface area contributed by atoms with Gasteiger partial charge in [0.05, 0.1) is 11.8 Å². The lowest BCUT2D eigenvalue weighted by molar-refractivity contribution is 0.103. The lowest BCUT2D eigenvalue weighted by Crippen LogP contribution is -2.38. The maximum Gasteiger partial charge on any atom is 0.198 e. The van der Waals surface area contributed by atoms with Gasteiger partial charge in [0.1, 0.15) is 5.54 Å². The van der Waals surface area contributed by atoms with Crippen LogP contribution in [0, 0.1) is 0 Å². The number of aromatic nitrogens is 2. The first kappa shape index (κ1) is 23.0. The second-order valence-corrected chi connectivity index (χ2v) is 8.10. The van der Waals surface area contributed by atoms with Gasteiger partial charge in [-0.15, -0.1) is 0 Å². The number of benzene rings is 3. The van der Waals surface area contributed by atoms with Crippen LogP contribution >= 0.6 is 0 Å². The van der Waals surface area contributed by atoms with Gasteiger partial charge in [0.2, 0.25) is 0 Å². The third-order valence-corrected chi connectivity index (χ3v) is 5.97. The third-order valence-electron chi connectivity index (χ3n) is 5.97. The minimum absolute atomic E-state index is 0.147. The van der Waals surface area contributed by atoms with Crippen LogP contribution in [-0.4, -0.2) is 15.6 Å². The van der Waals surface area contributed by atoms with Crippen molar-refractivity contribution in [2.24, 2.45) is 0 Å². The molecule has 1 aromatic heterocycles. The molecule has 0 amide bonds. The van der Waals surface area contributed by atoms with Crippen molar-refractivity contribution < 1.29 is 4.79 Å². The van der Waals surface area contributed by atoms with Crippen molar-refractivity contribution in [1.29, 1.82) is 0 Å². The molecule has 4 rings (SSSR count). The van der Waals surface area contributed by atoms with Crippen molar-refractivity contribution in [3.63, 3.8) is 0 Å². The molecule has 2 N–H and O–H groups in total. The molecule has 4 heteroatoms. The molecule has 0 unspecified atom stereocenters. The lowest BCUT2D eigenvalue weighted by Gasteiger charge is -2.37. The number of nitrogens with two attached hydrogens (primary N) is 1. The van der Waals surface area contributed by atoms with Gasteiger partial charge in [-0.05, 0) is 42.2 Å². The van der Waals surface area contributed by atoms with Crippen molar-refractivity contribution in [3.8, 4) is 0 Å². The van der Waals surface area contributed by atoms with E-state index < -0.39 is 5.54 Å². The smallest absolute Gasteiger partial charge is 0.198 e. The second-order valence-electron chi connectivity index (χ2n) is 8.10. The van der Waals surface area contributed by atoms with Gasteiger partial charge < -0.3 is 5.73 Å². The predicted molar refractivity (Wildman–Crippen MR) is 139 cm³/mol. The van der Waals surface area contributed by atoms with E-state index in [2.05, 4.69) is 43.3 Å². The van der Waals surface area contributed by atoms with Crippen LogP contribution in [0.3, 0.4) is 0 Å². The van der Waals surface area contributed by atoms with Gasteiger partial charge in [0.25, 0.3) is 0 Å². The fourth-order valence-electron chi connectivity index (χ4n) is 4.47. The molecule has 4 aromatic rings. The van der Waals surface area contributed by atoms with E-state index >= 15 is 0 Å². The number of hydrogen-bond acceptors (Lipinski definition) is 3. The molecular weight excluding hydrogens is 418 g/mol. The fraction of sp³-hybridized carbons (Fsp3) is 0.133. The molecule has 0 spiro atoms. The maximum absolute atomic E-state index is 13.3. The zero-order valence-electron chi connectivity index (χ0n) is 19.6. The summed E-state index contributed by atoms with van der Waals surface area (Å²) in [7, 11) is 0. The average Bonchev–Trinajstić information content (AvgIpc) is 3.37. The number of allylic oxidation sites excluding steroid dienone is 4. The van der Waals surface area contributed by atoms with E-state index in [1.54, 1.807) is 18.3 Å². The highest BCUT2D eigenvalue weighted by Gasteiger charge is 2.40. The molecule has 0 bridgehead atoms.